The summed E-state index contributed by atoms with van der Waals surface area (Å²) in [6, 6.07) is 108. The second-order valence-electron chi connectivity index (χ2n) is 20.1. The van der Waals surface area contributed by atoms with Crippen molar-refractivity contribution in [3.05, 3.63) is 291 Å². The molecule has 0 unspecified atom stereocenters. The van der Waals surface area contributed by atoms with Crippen LogP contribution in [0.5, 0.6) is 0 Å². The van der Waals surface area contributed by atoms with Crippen LogP contribution in [0.3, 0.4) is 0 Å². The zero-order chi connectivity index (χ0) is 50.1. The summed E-state index contributed by atoms with van der Waals surface area (Å²) in [6.45, 7) is 0. The molecule has 0 aliphatic carbocycles. The number of hydrogen-bond donors (Lipinski definition) is 0. The predicted octanol–water partition coefficient (Wildman–Crippen LogP) is 21.2. The molecule has 354 valence electrons. The van der Waals surface area contributed by atoms with Crippen LogP contribution < -0.4 is 9.80 Å². The Morgan fingerprint density at radius 3 is 0.921 bits per heavy atom. The molecule has 0 atom stereocenters. The van der Waals surface area contributed by atoms with Gasteiger partial charge in [-0.25, -0.2) is 0 Å². The van der Waals surface area contributed by atoms with Crippen molar-refractivity contribution in [1.29, 1.82) is 0 Å². The molecule has 0 amide bonds. The molecule has 2 heteroatoms. The van der Waals surface area contributed by atoms with Crippen LogP contribution in [0, 0.1) is 0 Å². The van der Waals surface area contributed by atoms with Gasteiger partial charge in [0.25, 0.3) is 0 Å². The first-order chi connectivity index (χ1) is 37.7. The summed E-state index contributed by atoms with van der Waals surface area (Å²) >= 11 is 0. The molecule has 0 radical (unpaired) electrons. The smallest absolute Gasteiger partial charge is 0.0468 e. The van der Waals surface area contributed by atoms with Crippen molar-refractivity contribution < 1.29 is 0 Å². The highest BCUT2D eigenvalue weighted by Crippen LogP contribution is 2.50. The Morgan fingerprint density at radius 1 is 0.158 bits per heavy atom. The van der Waals surface area contributed by atoms with Crippen molar-refractivity contribution in [3.63, 3.8) is 0 Å². The lowest BCUT2D eigenvalue weighted by atomic mass is 9.84. The van der Waals surface area contributed by atoms with Gasteiger partial charge in [0, 0.05) is 34.1 Å². The van der Waals surface area contributed by atoms with Crippen molar-refractivity contribution >= 4 is 120 Å². The summed E-state index contributed by atoms with van der Waals surface area (Å²) in [5, 5.41) is 19.5. The van der Waals surface area contributed by atoms with E-state index >= 15 is 0 Å². The molecular formula is C74H48N2. The van der Waals surface area contributed by atoms with Crippen LogP contribution in [-0.2, 0) is 0 Å². The molecule has 0 bridgehead atoms. The molecular weight excluding hydrogens is 917 g/mol. The summed E-state index contributed by atoms with van der Waals surface area (Å²) in [7, 11) is 0. The molecule has 0 heterocycles. The molecule has 2 nitrogen and oxygen atoms in total. The largest absolute Gasteiger partial charge is 0.310 e. The molecule has 0 aliphatic rings. The Bertz CT molecular complexity index is 4470. The number of benzene rings is 15. The van der Waals surface area contributed by atoms with Crippen molar-refractivity contribution in [3.8, 4) is 22.3 Å². The normalized spacial score (nSPS) is 11.7. The number of para-hydroxylation sites is 2. The maximum atomic E-state index is 2.45. The lowest BCUT2D eigenvalue weighted by Crippen LogP contribution is -2.10. The van der Waals surface area contributed by atoms with E-state index < -0.39 is 0 Å². The van der Waals surface area contributed by atoms with Crippen LogP contribution in [0.2, 0.25) is 0 Å². The predicted molar refractivity (Wildman–Crippen MR) is 327 cm³/mol. The quantitative estimate of drug-likeness (QED) is 0.111. The van der Waals surface area contributed by atoms with Crippen LogP contribution in [-0.4, -0.2) is 0 Å². The third kappa shape index (κ3) is 7.34. The number of rotatable bonds is 8. The molecule has 0 saturated heterocycles. The molecule has 76 heavy (non-hydrogen) atoms. The fourth-order valence-corrected chi connectivity index (χ4v) is 12.1. The van der Waals surface area contributed by atoms with E-state index in [4.69, 9.17) is 0 Å². The van der Waals surface area contributed by atoms with Crippen LogP contribution in [0.4, 0.5) is 34.1 Å². The minimum atomic E-state index is 1.08. The van der Waals surface area contributed by atoms with Crippen LogP contribution in [0.1, 0.15) is 0 Å². The third-order valence-electron chi connectivity index (χ3n) is 15.7. The standard InChI is InChI=1S/C74H48N2/c1-3-21-59(22-4-1)75(61-35-31-49-15-7-9-19-53(49)45-61)63-37-41-69-71(47-63)73(57-33-39-67-55(43-57)29-27-51-17-11-13-25-65(51)67)70-42-38-64(76(60-23-5-2-6-24-60)62-36-32-50-16-8-10-20-54(50)46-62)48-72(70)74(69)58-34-40-68-56(44-58)30-28-52-18-12-14-26-66(52)68/h1-48H. The third-order valence-corrected chi connectivity index (χ3v) is 15.7. The first-order valence-corrected chi connectivity index (χ1v) is 26.2. The fourth-order valence-electron chi connectivity index (χ4n) is 12.1. The minimum Gasteiger partial charge on any atom is -0.310 e. The average Bonchev–Trinajstić information content (AvgIpc) is 3.49. The van der Waals surface area contributed by atoms with Gasteiger partial charge in [0.15, 0.2) is 0 Å². The molecule has 15 rings (SSSR count). The summed E-state index contributed by atoms with van der Waals surface area (Å²) in [5.74, 6) is 0. The highest BCUT2D eigenvalue weighted by atomic mass is 15.1. The van der Waals surface area contributed by atoms with E-state index in [1.54, 1.807) is 0 Å². The molecule has 0 spiro atoms. The lowest BCUT2D eigenvalue weighted by Gasteiger charge is -2.28. The van der Waals surface area contributed by atoms with Gasteiger partial charge in [-0.15, -0.1) is 0 Å². The Balaban J connectivity index is 1.06. The average molecular weight is 965 g/mol. The van der Waals surface area contributed by atoms with E-state index in [1.807, 2.05) is 0 Å². The monoisotopic (exact) mass is 964 g/mol. The van der Waals surface area contributed by atoms with E-state index in [0.717, 1.165) is 34.1 Å². The molecule has 15 aromatic carbocycles. The SMILES string of the molecule is c1ccc(N(c2ccc3ccccc3c2)c2ccc3c(-c4ccc5c(ccc6ccccc65)c4)c4cc(N(c5ccccc5)c5ccc6ccccc6c5)ccc4c(-c4ccc5c(ccc6ccccc65)c4)c3c2)cc1. The molecule has 0 fully saturated rings. The Morgan fingerprint density at radius 2 is 0.474 bits per heavy atom. The lowest BCUT2D eigenvalue weighted by molar-refractivity contribution is 1.29. The van der Waals surface area contributed by atoms with Crippen molar-refractivity contribution in [2.75, 3.05) is 9.80 Å². The number of fused-ring (bicyclic) bond motifs is 10. The van der Waals surface area contributed by atoms with E-state index in [9.17, 15) is 0 Å². The van der Waals surface area contributed by atoms with Gasteiger partial charge in [-0.3, -0.25) is 0 Å². The second-order valence-corrected chi connectivity index (χ2v) is 20.1. The van der Waals surface area contributed by atoms with Crippen LogP contribution >= 0.6 is 0 Å². The van der Waals surface area contributed by atoms with Crippen LogP contribution in [0.15, 0.2) is 291 Å². The Labute approximate surface area is 441 Å². The summed E-state index contributed by atoms with van der Waals surface area (Å²) in [6.07, 6.45) is 0. The maximum Gasteiger partial charge on any atom is 0.0468 e. The van der Waals surface area contributed by atoms with Gasteiger partial charge >= 0.3 is 0 Å². The molecule has 0 saturated carbocycles. The summed E-state index contributed by atoms with van der Waals surface area (Å²) in [5.41, 5.74) is 11.3. The summed E-state index contributed by atoms with van der Waals surface area (Å²) in [4.78, 5) is 4.83. The number of anilines is 6. The van der Waals surface area contributed by atoms with Crippen molar-refractivity contribution in [1.82, 2.24) is 0 Å². The van der Waals surface area contributed by atoms with Gasteiger partial charge in [-0.05, 0) is 193 Å². The summed E-state index contributed by atoms with van der Waals surface area (Å²) < 4.78 is 0. The van der Waals surface area contributed by atoms with Crippen molar-refractivity contribution in [2.24, 2.45) is 0 Å². The van der Waals surface area contributed by atoms with Crippen molar-refractivity contribution in [2.45, 2.75) is 0 Å². The molecule has 0 aromatic heterocycles. The maximum absolute atomic E-state index is 2.45. The fraction of sp³-hybridized carbons (Fsp3) is 0. The van der Waals surface area contributed by atoms with Gasteiger partial charge < -0.3 is 9.80 Å². The second kappa shape index (κ2) is 17.9. The highest BCUT2D eigenvalue weighted by molar-refractivity contribution is 6.24. The topological polar surface area (TPSA) is 6.48 Å². The van der Waals surface area contributed by atoms with Gasteiger partial charge in [0.2, 0.25) is 0 Å². The van der Waals surface area contributed by atoms with E-state index in [1.165, 1.54) is 108 Å². The number of nitrogens with zero attached hydrogens (tertiary/aromatic N) is 2. The van der Waals surface area contributed by atoms with Gasteiger partial charge in [0.05, 0.1) is 0 Å². The van der Waals surface area contributed by atoms with Gasteiger partial charge in [-0.2, -0.15) is 0 Å². The first kappa shape index (κ1) is 43.6. The van der Waals surface area contributed by atoms with Gasteiger partial charge in [-0.1, -0.05) is 206 Å². The van der Waals surface area contributed by atoms with E-state index in [2.05, 4.69) is 301 Å². The molecule has 0 N–H and O–H groups in total. The Hall–Kier alpha value is -10.0. The molecule has 0 aliphatic heterocycles. The van der Waals surface area contributed by atoms with E-state index in [-0.39, 0.29) is 0 Å². The zero-order valence-electron chi connectivity index (χ0n) is 41.6. The number of hydrogen-bond acceptors (Lipinski definition) is 2. The molecule has 15 aromatic rings. The minimum absolute atomic E-state index is 1.08. The highest BCUT2D eigenvalue weighted by Gasteiger charge is 2.23. The zero-order valence-corrected chi connectivity index (χ0v) is 41.6. The van der Waals surface area contributed by atoms with Gasteiger partial charge in [0.1, 0.15) is 0 Å². The first-order valence-electron chi connectivity index (χ1n) is 26.2. The Kier molecular flexibility index (Phi) is 10.2. The van der Waals surface area contributed by atoms with E-state index in [0.29, 0.717) is 0 Å². The van der Waals surface area contributed by atoms with Crippen LogP contribution in [0.25, 0.3) is 108 Å².